The van der Waals surface area contributed by atoms with E-state index in [9.17, 15) is 29.1 Å². The van der Waals surface area contributed by atoms with Crippen molar-refractivity contribution in [3.05, 3.63) is 33.8 Å². The Hall–Kier alpha value is -3.33. The average Bonchev–Trinajstić information content (AvgIpc) is 3.51. The molecule has 0 saturated heterocycles. The maximum Gasteiger partial charge on any atom is 0.519 e. The van der Waals surface area contributed by atoms with Gasteiger partial charge in [0.05, 0.1) is 58.1 Å². The monoisotopic (exact) mass is 830 g/mol. The number of aliphatic carboxylic acids is 1. The summed E-state index contributed by atoms with van der Waals surface area (Å²) in [4.78, 5) is 67.4. The number of ether oxygens (including phenoxy) is 6. The van der Waals surface area contributed by atoms with E-state index < -0.39 is 63.3 Å². The van der Waals surface area contributed by atoms with E-state index in [4.69, 9.17) is 37.3 Å². The third-order valence-corrected chi connectivity index (χ3v) is 16.2. The zero-order chi connectivity index (χ0) is 43.0. The Morgan fingerprint density at radius 2 is 1.46 bits per heavy atom. The maximum atomic E-state index is 15.0. The molecule has 14 nitrogen and oxygen atoms in total. The van der Waals surface area contributed by atoms with Crippen LogP contribution in [0.2, 0.25) is 0 Å². The summed E-state index contributed by atoms with van der Waals surface area (Å²) in [6.07, 6.45) is 6.86. The van der Waals surface area contributed by atoms with Crippen molar-refractivity contribution in [2.45, 2.75) is 125 Å². The first-order chi connectivity index (χ1) is 27.8. The van der Waals surface area contributed by atoms with Crippen molar-refractivity contribution in [2.75, 3.05) is 53.4 Å². The third-order valence-electron chi connectivity index (χ3n) is 16.2. The fourth-order valence-electron chi connectivity index (χ4n) is 12.3. The van der Waals surface area contributed by atoms with Crippen LogP contribution in [0.4, 0.5) is 0 Å². The second-order valence-corrected chi connectivity index (χ2v) is 19.4. The molecule has 1 aromatic heterocycles. The van der Waals surface area contributed by atoms with Crippen LogP contribution in [0.25, 0.3) is 0 Å². The minimum atomic E-state index is -1.36. The Morgan fingerprint density at radius 1 is 0.814 bits per heavy atom. The van der Waals surface area contributed by atoms with E-state index in [0.29, 0.717) is 71.6 Å². The number of ketones is 1. The molecule has 1 N–H and O–H groups in total. The van der Waals surface area contributed by atoms with E-state index >= 15 is 0 Å². The number of methoxy groups -OCH3 is 1. The smallest absolute Gasteiger partial charge is 0.481 e. The second kappa shape index (κ2) is 17.2. The Balaban J connectivity index is 1.22. The van der Waals surface area contributed by atoms with Gasteiger partial charge in [-0.1, -0.05) is 33.3 Å². The molecule has 10 atom stereocenters. The SMILES string of the molecule is COCCOCCOCCOCCC(=O)O[C@H]1CC[C@@]2(C)[C@@H](CC[C@]3(C)[C@@H]2C(=O)C=C2[C@@H]4C[C@@](C)(C(=O)O)CC[C@]4(C)CC[C@]23C)[C@]1(C)C(=O)OCc1oc(=O)oc1C. The number of carboxylic acid groups (broad SMARTS) is 1. The molecule has 0 unspecified atom stereocenters. The molecule has 6 rings (SSSR count). The van der Waals surface area contributed by atoms with Gasteiger partial charge in [0.1, 0.15) is 11.5 Å². The van der Waals surface area contributed by atoms with Crippen LogP contribution < -0.4 is 5.82 Å². The molecule has 0 spiro atoms. The van der Waals surface area contributed by atoms with E-state index in [0.717, 1.165) is 24.8 Å². The van der Waals surface area contributed by atoms with Gasteiger partial charge in [-0.05, 0) is 118 Å². The van der Waals surface area contributed by atoms with Crippen LogP contribution in [0.5, 0.6) is 0 Å². The van der Waals surface area contributed by atoms with Gasteiger partial charge < -0.3 is 42.4 Å². The first-order valence-electron chi connectivity index (χ1n) is 21.5. The van der Waals surface area contributed by atoms with Crippen LogP contribution >= 0.6 is 0 Å². The van der Waals surface area contributed by atoms with E-state index in [2.05, 4.69) is 27.7 Å². The largest absolute Gasteiger partial charge is 0.519 e. The number of fused-ring (bicyclic) bond motifs is 7. The highest BCUT2D eigenvalue weighted by Gasteiger charge is 2.72. The van der Waals surface area contributed by atoms with Crippen molar-refractivity contribution in [1.29, 1.82) is 0 Å². The maximum absolute atomic E-state index is 15.0. The summed E-state index contributed by atoms with van der Waals surface area (Å²) in [5.74, 6) is -3.34. The molecule has 14 heteroatoms. The molecule has 5 aliphatic rings. The van der Waals surface area contributed by atoms with Gasteiger partial charge in [-0.25, -0.2) is 4.79 Å². The second-order valence-electron chi connectivity index (χ2n) is 19.4. The standard InChI is InChI=1S/C45H66O14/c1-28-32(58-39(51)57-28)27-56-38(50)45(7)33-9-13-44(6)36(31(46)25-29-30-26-41(3,37(48)49)15-14-40(30,2)16-17-43(29,44)5)42(33,4)12-10-34(45)59-35(47)11-18-53-21-22-55-24-23-54-20-19-52-8/h25,30,33-34,36H,9-24,26-27H2,1-8H3,(H,48,49)/t30-,33+,34-,36+,40+,41-,42-,43+,44+,45-/m0/s1. The van der Waals surface area contributed by atoms with Gasteiger partial charge in [0.2, 0.25) is 0 Å². The van der Waals surface area contributed by atoms with Gasteiger partial charge in [-0.3, -0.25) is 19.2 Å². The normalized spacial score (nSPS) is 37.6. The molecule has 4 fully saturated rings. The highest BCUT2D eigenvalue weighted by atomic mass is 16.6. The number of allylic oxidation sites excluding steroid dienone is 2. The number of carbonyl (C=O) groups is 4. The molecule has 0 bridgehead atoms. The van der Waals surface area contributed by atoms with Crippen molar-refractivity contribution in [2.24, 2.45) is 50.2 Å². The first kappa shape index (κ1) is 45.2. The van der Waals surface area contributed by atoms with E-state index in [1.807, 2.05) is 13.0 Å². The predicted octanol–water partition coefficient (Wildman–Crippen LogP) is 6.63. The topological polar surface area (TPSA) is 187 Å². The van der Waals surface area contributed by atoms with Gasteiger partial charge in [0.25, 0.3) is 0 Å². The molecule has 0 radical (unpaired) electrons. The Labute approximate surface area is 347 Å². The summed E-state index contributed by atoms with van der Waals surface area (Å²) >= 11 is 0. The number of aryl methyl sites for hydroxylation is 1. The zero-order valence-electron chi connectivity index (χ0n) is 36.4. The number of hydrogen-bond acceptors (Lipinski definition) is 13. The molecular formula is C45H66O14. The van der Waals surface area contributed by atoms with E-state index in [1.54, 1.807) is 21.0 Å². The lowest BCUT2D eigenvalue weighted by Crippen LogP contribution is -2.68. The van der Waals surface area contributed by atoms with E-state index in [-0.39, 0.29) is 60.3 Å². The number of carbonyl (C=O) groups excluding carboxylic acids is 3. The lowest BCUT2D eigenvalue weighted by molar-refractivity contribution is -0.224. The zero-order valence-corrected chi connectivity index (χ0v) is 36.4. The van der Waals surface area contributed by atoms with Crippen LogP contribution in [0.3, 0.4) is 0 Å². The Morgan fingerprint density at radius 3 is 2.08 bits per heavy atom. The van der Waals surface area contributed by atoms with Crippen molar-refractivity contribution in [3.8, 4) is 0 Å². The van der Waals surface area contributed by atoms with Crippen LogP contribution in [-0.4, -0.2) is 88.3 Å². The third kappa shape index (κ3) is 8.12. The Bertz CT molecular complexity index is 1830. The van der Waals surface area contributed by atoms with Crippen molar-refractivity contribution in [3.63, 3.8) is 0 Å². The molecule has 0 aliphatic heterocycles. The fraction of sp³-hybridized carbons (Fsp3) is 0.800. The highest BCUT2D eigenvalue weighted by molar-refractivity contribution is 5.96. The highest BCUT2D eigenvalue weighted by Crippen LogP contribution is 2.75. The molecule has 59 heavy (non-hydrogen) atoms. The summed E-state index contributed by atoms with van der Waals surface area (Å²) in [6.45, 7) is 16.4. The molecule has 4 saturated carbocycles. The van der Waals surface area contributed by atoms with Gasteiger partial charge >= 0.3 is 23.7 Å². The van der Waals surface area contributed by atoms with Crippen LogP contribution in [0.1, 0.15) is 117 Å². The summed E-state index contributed by atoms with van der Waals surface area (Å²) in [6, 6.07) is 0. The number of esters is 2. The van der Waals surface area contributed by atoms with Crippen molar-refractivity contribution < 1.29 is 61.5 Å². The summed E-state index contributed by atoms with van der Waals surface area (Å²) < 4.78 is 43.7. The lowest BCUT2D eigenvalue weighted by Gasteiger charge is -2.70. The first-order valence-corrected chi connectivity index (χ1v) is 21.5. The Kier molecular flexibility index (Phi) is 13.2. The van der Waals surface area contributed by atoms with Gasteiger partial charge in [-0.2, -0.15) is 0 Å². The number of hydrogen-bond donors (Lipinski definition) is 1. The quantitative estimate of drug-likeness (QED) is 0.130. The minimum absolute atomic E-state index is 0.0208. The predicted molar refractivity (Wildman–Crippen MR) is 212 cm³/mol. The molecule has 0 amide bonds. The molecule has 0 aromatic carbocycles. The van der Waals surface area contributed by atoms with Crippen LogP contribution in [-0.2, 0) is 54.2 Å². The average molecular weight is 831 g/mol. The van der Waals surface area contributed by atoms with Crippen LogP contribution in [0.15, 0.2) is 25.3 Å². The van der Waals surface area contributed by atoms with Crippen molar-refractivity contribution >= 4 is 23.7 Å². The van der Waals surface area contributed by atoms with Gasteiger partial charge in [0.15, 0.2) is 23.9 Å². The van der Waals surface area contributed by atoms with E-state index in [1.165, 1.54) is 0 Å². The summed E-state index contributed by atoms with van der Waals surface area (Å²) in [5.41, 5.74) is -2.70. The molecule has 1 aromatic rings. The van der Waals surface area contributed by atoms with Crippen molar-refractivity contribution in [1.82, 2.24) is 0 Å². The number of rotatable bonds is 17. The summed E-state index contributed by atoms with van der Waals surface area (Å²) in [5, 5.41) is 10.3. The lowest BCUT2D eigenvalue weighted by atomic mass is 9.33. The molecule has 5 aliphatic carbocycles. The molecular weight excluding hydrogens is 764 g/mol. The van der Waals surface area contributed by atoms with Gasteiger partial charge in [0, 0.05) is 13.0 Å². The minimum Gasteiger partial charge on any atom is -0.481 e. The van der Waals surface area contributed by atoms with Gasteiger partial charge in [-0.15, -0.1) is 0 Å². The van der Waals surface area contributed by atoms with Crippen LogP contribution in [0, 0.1) is 57.2 Å². The summed E-state index contributed by atoms with van der Waals surface area (Å²) in [7, 11) is 1.61. The fourth-order valence-corrected chi connectivity index (χ4v) is 12.3. The number of carboxylic acids is 1. The molecule has 1 heterocycles. The molecule has 330 valence electrons.